The van der Waals surface area contributed by atoms with Gasteiger partial charge in [-0.2, -0.15) is 5.10 Å². The quantitative estimate of drug-likeness (QED) is 0.564. The Labute approximate surface area is 120 Å². The lowest BCUT2D eigenvalue weighted by molar-refractivity contribution is 0.771. The molecule has 1 aromatic carbocycles. The topological polar surface area (TPSA) is 17.8 Å². The predicted octanol–water partition coefficient (Wildman–Crippen LogP) is 3.79. The normalized spacial score (nSPS) is 18.4. The van der Waals surface area contributed by atoms with Crippen molar-refractivity contribution in [2.75, 3.05) is 0 Å². The van der Waals surface area contributed by atoms with Crippen molar-refractivity contribution in [2.24, 2.45) is 13.0 Å². The van der Waals surface area contributed by atoms with Crippen molar-refractivity contribution >= 4 is 0 Å². The minimum atomic E-state index is 0.832. The van der Waals surface area contributed by atoms with E-state index in [1.807, 2.05) is 43.6 Å². The number of allylic oxidation sites excluding steroid dienone is 2. The summed E-state index contributed by atoms with van der Waals surface area (Å²) in [7, 11) is 1.87. The molecule has 1 saturated carbocycles. The third-order valence-electron chi connectivity index (χ3n) is 3.80. The first kappa shape index (κ1) is 12.7. The van der Waals surface area contributed by atoms with Crippen LogP contribution in [0.3, 0.4) is 0 Å². The maximum absolute atomic E-state index is 5.40. The van der Waals surface area contributed by atoms with Gasteiger partial charge in [0.15, 0.2) is 0 Å². The average molecular weight is 262 g/mol. The molecule has 100 valence electrons. The van der Waals surface area contributed by atoms with Gasteiger partial charge < -0.3 is 0 Å². The number of fused-ring (bicyclic) bond motifs is 1. The first-order valence-corrected chi connectivity index (χ1v) is 7.02. The van der Waals surface area contributed by atoms with Gasteiger partial charge in [0.1, 0.15) is 5.69 Å². The SMILES string of the molecule is C#Cc1cn(C)nc1-c1ccccc1.C1=C2CC2CC1. The molecule has 1 fully saturated rings. The molecule has 0 amide bonds. The van der Waals surface area contributed by atoms with E-state index in [4.69, 9.17) is 6.42 Å². The fourth-order valence-electron chi connectivity index (χ4n) is 2.64. The molecule has 2 aromatic rings. The molecule has 1 heterocycles. The van der Waals surface area contributed by atoms with Crippen molar-refractivity contribution < 1.29 is 0 Å². The second-order valence-electron chi connectivity index (χ2n) is 5.33. The fourth-order valence-corrected chi connectivity index (χ4v) is 2.64. The van der Waals surface area contributed by atoms with Crippen molar-refractivity contribution in [3.8, 4) is 23.6 Å². The maximum atomic E-state index is 5.40. The molecule has 0 spiro atoms. The fraction of sp³-hybridized carbons (Fsp3) is 0.278. The maximum Gasteiger partial charge on any atom is 0.108 e. The van der Waals surface area contributed by atoms with Gasteiger partial charge in [0.2, 0.25) is 0 Å². The third kappa shape index (κ3) is 2.67. The van der Waals surface area contributed by atoms with Crippen LogP contribution in [0.25, 0.3) is 11.3 Å². The molecule has 2 heteroatoms. The molecule has 0 bridgehead atoms. The molecule has 1 atom stereocenters. The van der Waals surface area contributed by atoms with Gasteiger partial charge in [-0.25, -0.2) is 0 Å². The molecule has 0 radical (unpaired) electrons. The highest BCUT2D eigenvalue weighted by Gasteiger charge is 2.31. The first-order chi connectivity index (χ1) is 9.78. The molecule has 1 aromatic heterocycles. The second-order valence-corrected chi connectivity index (χ2v) is 5.33. The van der Waals surface area contributed by atoms with Gasteiger partial charge in [0.25, 0.3) is 0 Å². The summed E-state index contributed by atoms with van der Waals surface area (Å²) in [6.45, 7) is 0. The zero-order valence-electron chi connectivity index (χ0n) is 11.7. The molecular weight excluding hydrogens is 244 g/mol. The Bertz CT molecular complexity index is 671. The number of nitrogens with zero attached hydrogens (tertiary/aromatic N) is 2. The van der Waals surface area contributed by atoms with Crippen LogP contribution in [0.4, 0.5) is 0 Å². The number of terminal acetylenes is 1. The van der Waals surface area contributed by atoms with Crippen LogP contribution in [0.2, 0.25) is 0 Å². The van der Waals surface area contributed by atoms with E-state index in [1.165, 1.54) is 19.3 Å². The molecule has 0 saturated heterocycles. The van der Waals surface area contributed by atoms with Crippen LogP contribution in [0.5, 0.6) is 0 Å². The molecule has 1 unspecified atom stereocenters. The number of aromatic nitrogens is 2. The number of rotatable bonds is 1. The summed E-state index contributed by atoms with van der Waals surface area (Å²) in [4.78, 5) is 0. The van der Waals surface area contributed by atoms with Gasteiger partial charge >= 0.3 is 0 Å². The van der Waals surface area contributed by atoms with Crippen molar-refractivity contribution in [3.05, 3.63) is 53.7 Å². The molecular formula is C18H18N2. The van der Waals surface area contributed by atoms with Crippen LogP contribution < -0.4 is 0 Å². The lowest BCUT2D eigenvalue weighted by Gasteiger charge is -1.95. The molecule has 20 heavy (non-hydrogen) atoms. The predicted molar refractivity (Wildman–Crippen MR) is 82.0 cm³/mol. The van der Waals surface area contributed by atoms with Crippen molar-refractivity contribution in [1.29, 1.82) is 0 Å². The lowest BCUT2D eigenvalue weighted by Crippen LogP contribution is -1.87. The van der Waals surface area contributed by atoms with Crippen LogP contribution >= 0.6 is 0 Å². The van der Waals surface area contributed by atoms with Gasteiger partial charge in [-0.1, -0.05) is 47.9 Å². The monoisotopic (exact) mass is 262 g/mol. The van der Waals surface area contributed by atoms with Gasteiger partial charge in [0, 0.05) is 18.8 Å². The number of aryl methyl sites for hydroxylation is 1. The highest BCUT2D eigenvalue weighted by molar-refractivity contribution is 5.66. The highest BCUT2D eigenvalue weighted by atomic mass is 15.2. The Balaban J connectivity index is 0.000000165. The minimum absolute atomic E-state index is 0.832. The smallest absolute Gasteiger partial charge is 0.108 e. The van der Waals surface area contributed by atoms with E-state index in [0.717, 1.165) is 22.7 Å². The molecule has 2 aliphatic rings. The summed E-state index contributed by atoms with van der Waals surface area (Å²) in [6, 6.07) is 9.93. The van der Waals surface area contributed by atoms with Gasteiger partial charge in [-0.15, -0.1) is 6.42 Å². The average Bonchev–Trinajstić information content (AvgIpc) is 2.92. The van der Waals surface area contributed by atoms with Crippen LogP contribution in [0, 0.1) is 18.3 Å². The molecule has 2 aliphatic carbocycles. The summed E-state index contributed by atoms with van der Waals surface area (Å²) >= 11 is 0. The summed E-state index contributed by atoms with van der Waals surface area (Å²) in [5, 5.41) is 4.33. The van der Waals surface area contributed by atoms with E-state index < -0.39 is 0 Å². The van der Waals surface area contributed by atoms with Gasteiger partial charge in [-0.05, 0) is 25.2 Å². The van der Waals surface area contributed by atoms with Crippen LogP contribution in [-0.4, -0.2) is 9.78 Å². The Morgan fingerprint density at radius 3 is 2.60 bits per heavy atom. The van der Waals surface area contributed by atoms with Crippen LogP contribution in [-0.2, 0) is 7.05 Å². The lowest BCUT2D eigenvalue weighted by atomic mass is 10.1. The Hall–Kier alpha value is -2.27. The summed E-state index contributed by atoms with van der Waals surface area (Å²) in [6.07, 6.45) is 13.9. The van der Waals surface area contributed by atoms with E-state index in [-0.39, 0.29) is 0 Å². The second kappa shape index (κ2) is 5.38. The number of hydrogen-bond acceptors (Lipinski definition) is 1. The highest BCUT2D eigenvalue weighted by Crippen LogP contribution is 2.46. The van der Waals surface area contributed by atoms with Crippen molar-refractivity contribution in [2.45, 2.75) is 19.3 Å². The number of hydrogen-bond donors (Lipinski definition) is 0. The van der Waals surface area contributed by atoms with Crippen molar-refractivity contribution in [3.63, 3.8) is 0 Å². The zero-order chi connectivity index (χ0) is 13.9. The Morgan fingerprint density at radius 2 is 2.10 bits per heavy atom. The molecule has 2 nitrogen and oxygen atoms in total. The van der Waals surface area contributed by atoms with E-state index >= 15 is 0 Å². The van der Waals surface area contributed by atoms with E-state index in [2.05, 4.69) is 17.1 Å². The number of benzene rings is 1. The van der Waals surface area contributed by atoms with Crippen LogP contribution in [0.1, 0.15) is 24.8 Å². The summed E-state index contributed by atoms with van der Waals surface area (Å²) in [5.41, 5.74) is 4.50. The molecule has 4 rings (SSSR count). The van der Waals surface area contributed by atoms with Gasteiger partial charge in [0.05, 0.1) is 5.56 Å². The standard InChI is InChI=1S/C12H10N2.C6H8/c1-3-10-9-14(2)13-12(10)11-7-5-4-6-8-11;1-2-5-4-6(5)3-1/h1,4-9H,2H3;2,6H,1,3-4H2. The summed E-state index contributed by atoms with van der Waals surface area (Å²) < 4.78 is 1.73. The van der Waals surface area contributed by atoms with E-state index in [0.29, 0.717) is 0 Å². The molecule has 0 aliphatic heterocycles. The first-order valence-electron chi connectivity index (χ1n) is 7.02. The van der Waals surface area contributed by atoms with Crippen molar-refractivity contribution in [1.82, 2.24) is 9.78 Å². The Morgan fingerprint density at radius 1 is 1.30 bits per heavy atom. The largest absolute Gasteiger partial charge is 0.274 e. The molecule has 0 N–H and O–H groups in total. The summed E-state index contributed by atoms with van der Waals surface area (Å²) in [5.74, 6) is 3.71. The van der Waals surface area contributed by atoms with Gasteiger partial charge in [-0.3, -0.25) is 4.68 Å². The van der Waals surface area contributed by atoms with E-state index in [1.54, 1.807) is 10.3 Å². The third-order valence-corrected chi connectivity index (χ3v) is 3.80. The van der Waals surface area contributed by atoms with E-state index in [9.17, 15) is 0 Å². The minimum Gasteiger partial charge on any atom is -0.274 e. The zero-order valence-corrected chi connectivity index (χ0v) is 11.7. The Kier molecular flexibility index (Phi) is 3.43. The van der Waals surface area contributed by atoms with Crippen LogP contribution in [0.15, 0.2) is 48.2 Å².